The Hall–Kier alpha value is -1.71. The van der Waals surface area contributed by atoms with Gasteiger partial charge in [-0.15, -0.1) is 10.2 Å². The van der Waals surface area contributed by atoms with Crippen molar-refractivity contribution in [2.75, 3.05) is 0 Å². The van der Waals surface area contributed by atoms with Crippen molar-refractivity contribution in [3.8, 4) is 11.6 Å². The summed E-state index contributed by atoms with van der Waals surface area (Å²) < 4.78 is 5.06. The first-order valence-electron chi connectivity index (χ1n) is 4.97. The zero-order chi connectivity index (χ0) is 10.7. The van der Waals surface area contributed by atoms with Gasteiger partial charge in [-0.2, -0.15) is 0 Å². The Bertz CT molecular complexity index is 406. The van der Waals surface area contributed by atoms with Gasteiger partial charge in [-0.05, 0) is 24.0 Å². The number of hydrogen-bond donors (Lipinski definition) is 0. The smallest absolute Gasteiger partial charge is 0.266 e. The standard InChI is InChI=1S/C11H13N3O/c1-8(2)5-9-3-4-10(12-6-9)11-14-13-7-15-11/h3-4,6-8H,5H2,1-2H3. The second kappa shape index (κ2) is 4.21. The highest BCUT2D eigenvalue weighted by molar-refractivity contribution is 5.45. The lowest BCUT2D eigenvalue weighted by Gasteiger charge is -2.03. The maximum absolute atomic E-state index is 5.06. The molecule has 2 rings (SSSR count). The lowest BCUT2D eigenvalue weighted by molar-refractivity contribution is 0.566. The summed E-state index contributed by atoms with van der Waals surface area (Å²) in [5.41, 5.74) is 1.95. The quantitative estimate of drug-likeness (QED) is 0.768. The van der Waals surface area contributed by atoms with Crippen LogP contribution < -0.4 is 0 Å². The van der Waals surface area contributed by atoms with Crippen molar-refractivity contribution in [1.29, 1.82) is 0 Å². The van der Waals surface area contributed by atoms with Crippen LogP contribution >= 0.6 is 0 Å². The molecule has 4 nitrogen and oxygen atoms in total. The van der Waals surface area contributed by atoms with Crippen LogP contribution in [0.3, 0.4) is 0 Å². The molecule has 2 aromatic rings. The molecule has 2 aromatic heterocycles. The van der Waals surface area contributed by atoms with Gasteiger partial charge in [0.05, 0.1) is 0 Å². The minimum absolute atomic E-state index is 0.464. The summed E-state index contributed by atoms with van der Waals surface area (Å²) in [5, 5.41) is 7.41. The molecule has 0 saturated heterocycles. The molecule has 4 heteroatoms. The summed E-state index contributed by atoms with van der Waals surface area (Å²) in [4.78, 5) is 4.28. The molecule has 0 unspecified atom stereocenters. The predicted octanol–water partition coefficient (Wildman–Crippen LogP) is 2.33. The highest BCUT2D eigenvalue weighted by Crippen LogP contribution is 2.14. The summed E-state index contributed by atoms with van der Waals surface area (Å²) in [7, 11) is 0. The van der Waals surface area contributed by atoms with E-state index in [-0.39, 0.29) is 0 Å². The highest BCUT2D eigenvalue weighted by Gasteiger charge is 2.05. The molecule has 0 atom stereocenters. The van der Waals surface area contributed by atoms with E-state index in [1.165, 1.54) is 12.0 Å². The van der Waals surface area contributed by atoms with Crippen LogP contribution in [0.2, 0.25) is 0 Å². The lowest BCUT2D eigenvalue weighted by atomic mass is 10.0. The van der Waals surface area contributed by atoms with Gasteiger partial charge in [0.1, 0.15) is 5.69 Å². The van der Waals surface area contributed by atoms with E-state index >= 15 is 0 Å². The number of aromatic nitrogens is 3. The van der Waals surface area contributed by atoms with Gasteiger partial charge >= 0.3 is 0 Å². The van der Waals surface area contributed by atoms with Crippen LogP contribution in [-0.2, 0) is 6.42 Å². The number of hydrogen-bond acceptors (Lipinski definition) is 4. The fraction of sp³-hybridized carbons (Fsp3) is 0.364. The molecule has 0 radical (unpaired) electrons. The van der Waals surface area contributed by atoms with Crippen LogP contribution in [0.4, 0.5) is 0 Å². The Morgan fingerprint density at radius 3 is 2.73 bits per heavy atom. The fourth-order valence-corrected chi connectivity index (χ4v) is 1.43. The maximum Gasteiger partial charge on any atom is 0.266 e. The van der Waals surface area contributed by atoms with E-state index in [2.05, 4.69) is 29.0 Å². The van der Waals surface area contributed by atoms with Crippen LogP contribution in [0.5, 0.6) is 0 Å². The third kappa shape index (κ3) is 2.40. The molecule has 0 aliphatic carbocycles. The Kier molecular flexibility index (Phi) is 2.76. The average Bonchev–Trinajstić information content (AvgIpc) is 2.71. The first-order valence-corrected chi connectivity index (χ1v) is 4.97. The third-order valence-electron chi connectivity index (χ3n) is 2.05. The molecule has 0 spiro atoms. The second-order valence-electron chi connectivity index (χ2n) is 3.89. The SMILES string of the molecule is CC(C)Cc1ccc(-c2nnco2)nc1. The van der Waals surface area contributed by atoms with Crippen LogP contribution in [0, 0.1) is 5.92 Å². The topological polar surface area (TPSA) is 51.8 Å². The number of nitrogens with zero attached hydrogens (tertiary/aromatic N) is 3. The van der Waals surface area contributed by atoms with Crippen molar-refractivity contribution < 1.29 is 4.42 Å². The van der Waals surface area contributed by atoms with Gasteiger partial charge in [0.2, 0.25) is 6.39 Å². The van der Waals surface area contributed by atoms with E-state index in [1.807, 2.05) is 18.3 Å². The third-order valence-corrected chi connectivity index (χ3v) is 2.05. The van der Waals surface area contributed by atoms with Crippen LogP contribution in [0.1, 0.15) is 19.4 Å². The molecular weight excluding hydrogens is 190 g/mol. The molecule has 78 valence electrons. The zero-order valence-electron chi connectivity index (χ0n) is 8.84. The first kappa shape index (κ1) is 9.83. The summed E-state index contributed by atoms with van der Waals surface area (Å²) >= 11 is 0. The Morgan fingerprint density at radius 2 is 2.20 bits per heavy atom. The molecule has 0 N–H and O–H groups in total. The van der Waals surface area contributed by atoms with E-state index < -0.39 is 0 Å². The average molecular weight is 203 g/mol. The monoisotopic (exact) mass is 203 g/mol. The van der Waals surface area contributed by atoms with E-state index in [9.17, 15) is 0 Å². The Balaban J connectivity index is 2.17. The van der Waals surface area contributed by atoms with Crippen molar-refractivity contribution in [2.45, 2.75) is 20.3 Å². The minimum Gasteiger partial charge on any atom is -0.422 e. The van der Waals surface area contributed by atoms with E-state index in [1.54, 1.807) is 0 Å². The fourth-order valence-electron chi connectivity index (χ4n) is 1.43. The summed E-state index contributed by atoms with van der Waals surface area (Å²) in [6, 6.07) is 3.96. The van der Waals surface area contributed by atoms with E-state index in [0.29, 0.717) is 11.8 Å². The molecule has 0 bridgehead atoms. The normalized spacial score (nSPS) is 10.9. The molecule has 0 fully saturated rings. The van der Waals surface area contributed by atoms with Gasteiger partial charge in [0.15, 0.2) is 0 Å². The molecule has 2 heterocycles. The van der Waals surface area contributed by atoms with Gasteiger partial charge in [0.25, 0.3) is 5.89 Å². The van der Waals surface area contributed by atoms with Gasteiger partial charge in [-0.1, -0.05) is 19.9 Å². The Labute approximate surface area is 88.4 Å². The lowest BCUT2D eigenvalue weighted by Crippen LogP contribution is -1.95. The van der Waals surface area contributed by atoms with Crippen LogP contribution in [-0.4, -0.2) is 15.2 Å². The largest absolute Gasteiger partial charge is 0.422 e. The second-order valence-corrected chi connectivity index (χ2v) is 3.89. The van der Waals surface area contributed by atoms with Crippen molar-refractivity contribution >= 4 is 0 Å². The number of pyridine rings is 1. The molecule has 0 aromatic carbocycles. The molecule has 0 aliphatic heterocycles. The van der Waals surface area contributed by atoms with E-state index in [0.717, 1.165) is 12.1 Å². The number of rotatable bonds is 3. The van der Waals surface area contributed by atoms with Crippen LogP contribution in [0.25, 0.3) is 11.6 Å². The highest BCUT2D eigenvalue weighted by atomic mass is 16.4. The van der Waals surface area contributed by atoms with Crippen molar-refractivity contribution in [3.05, 3.63) is 30.3 Å². The van der Waals surface area contributed by atoms with Gasteiger partial charge in [-0.3, -0.25) is 4.98 Å². The van der Waals surface area contributed by atoms with Gasteiger partial charge in [0, 0.05) is 6.20 Å². The molecule has 0 aliphatic rings. The van der Waals surface area contributed by atoms with Crippen molar-refractivity contribution in [2.24, 2.45) is 5.92 Å². The zero-order valence-corrected chi connectivity index (χ0v) is 8.84. The summed E-state index contributed by atoms with van der Waals surface area (Å²) in [5.74, 6) is 1.10. The minimum atomic E-state index is 0.464. The summed E-state index contributed by atoms with van der Waals surface area (Å²) in [6.07, 6.45) is 4.20. The first-order chi connectivity index (χ1) is 7.25. The Morgan fingerprint density at radius 1 is 1.33 bits per heavy atom. The van der Waals surface area contributed by atoms with E-state index in [4.69, 9.17) is 4.42 Å². The van der Waals surface area contributed by atoms with Crippen molar-refractivity contribution in [3.63, 3.8) is 0 Å². The molecule has 0 amide bonds. The molecule has 0 saturated carbocycles. The van der Waals surface area contributed by atoms with Gasteiger partial charge in [-0.25, -0.2) is 0 Å². The predicted molar refractivity (Wildman–Crippen MR) is 56.1 cm³/mol. The molecule has 15 heavy (non-hydrogen) atoms. The maximum atomic E-state index is 5.06. The van der Waals surface area contributed by atoms with Crippen molar-refractivity contribution in [1.82, 2.24) is 15.2 Å². The summed E-state index contributed by atoms with van der Waals surface area (Å²) in [6.45, 7) is 4.37. The molecular formula is C11H13N3O. The van der Waals surface area contributed by atoms with Gasteiger partial charge < -0.3 is 4.42 Å². The van der Waals surface area contributed by atoms with Crippen LogP contribution in [0.15, 0.2) is 29.1 Å².